The van der Waals surface area contributed by atoms with Gasteiger partial charge in [0.05, 0.1) is 11.1 Å². The number of imide groups is 1. The quantitative estimate of drug-likeness (QED) is 0.811. The van der Waals surface area contributed by atoms with E-state index in [1.165, 1.54) is 4.90 Å². The van der Waals surface area contributed by atoms with Crippen molar-refractivity contribution in [3.05, 3.63) is 65.2 Å². The molecule has 2 aromatic carbocycles. The monoisotopic (exact) mass is 350 g/mol. The summed E-state index contributed by atoms with van der Waals surface area (Å²) in [6.45, 7) is 4.34. The summed E-state index contributed by atoms with van der Waals surface area (Å²) in [6, 6.07) is 14.4. The van der Waals surface area contributed by atoms with Crippen molar-refractivity contribution in [2.45, 2.75) is 26.7 Å². The summed E-state index contributed by atoms with van der Waals surface area (Å²) < 4.78 is 0. The van der Waals surface area contributed by atoms with Gasteiger partial charge in [-0.2, -0.15) is 0 Å². The smallest absolute Gasteiger partial charge is 0.261 e. The van der Waals surface area contributed by atoms with Crippen LogP contribution in [0.1, 0.15) is 46.5 Å². The highest BCUT2D eigenvalue weighted by Gasteiger charge is 2.34. The number of rotatable bonds is 6. The van der Waals surface area contributed by atoms with Crippen molar-refractivity contribution in [3.8, 4) is 0 Å². The summed E-state index contributed by atoms with van der Waals surface area (Å²) in [5, 5.41) is 2.87. The Morgan fingerprint density at radius 3 is 2.08 bits per heavy atom. The summed E-state index contributed by atoms with van der Waals surface area (Å²) in [6.07, 6.45) is 1.06. The molecule has 3 amide bonds. The van der Waals surface area contributed by atoms with Crippen LogP contribution >= 0.6 is 0 Å². The number of hydrogen-bond acceptors (Lipinski definition) is 3. The van der Waals surface area contributed by atoms with Gasteiger partial charge in [-0.15, -0.1) is 0 Å². The summed E-state index contributed by atoms with van der Waals surface area (Å²) in [7, 11) is 0. The van der Waals surface area contributed by atoms with Gasteiger partial charge in [-0.3, -0.25) is 19.3 Å². The molecule has 1 aliphatic heterocycles. The van der Waals surface area contributed by atoms with Gasteiger partial charge in [0, 0.05) is 18.7 Å². The molecule has 0 fully saturated rings. The van der Waals surface area contributed by atoms with Crippen LogP contribution in [-0.4, -0.2) is 29.2 Å². The summed E-state index contributed by atoms with van der Waals surface area (Å²) in [5.74, 6) is -0.154. The maximum atomic E-state index is 12.3. The first kappa shape index (κ1) is 17.9. The topological polar surface area (TPSA) is 66.5 Å². The second-order valence-electron chi connectivity index (χ2n) is 6.90. The Labute approximate surface area is 153 Å². The van der Waals surface area contributed by atoms with Gasteiger partial charge < -0.3 is 5.32 Å². The third-order valence-electron chi connectivity index (χ3n) is 4.33. The summed E-state index contributed by atoms with van der Waals surface area (Å²) >= 11 is 0. The molecule has 5 nitrogen and oxygen atoms in total. The van der Waals surface area contributed by atoms with Crippen molar-refractivity contribution in [1.29, 1.82) is 0 Å². The van der Waals surface area contributed by atoms with Crippen molar-refractivity contribution in [2.75, 3.05) is 11.9 Å². The number of hydrogen-bond donors (Lipinski definition) is 1. The van der Waals surface area contributed by atoms with Crippen LogP contribution in [0, 0.1) is 5.92 Å². The molecule has 5 heteroatoms. The van der Waals surface area contributed by atoms with Crippen molar-refractivity contribution < 1.29 is 14.4 Å². The Morgan fingerprint density at radius 1 is 0.962 bits per heavy atom. The first-order chi connectivity index (χ1) is 12.5. The molecule has 1 N–H and O–H groups in total. The molecule has 1 heterocycles. The van der Waals surface area contributed by atoms with E-state index in [0.717, 1.165) is 11.3 Å². The van der Waals surface area contributed by atoms with Crippen LogP contribution in [0.3, 0.4) is 0 Å². The maximum Gasteiger partial charge on any atom is 0.261 e. The fraction of sp³-hybridized carbons (Fsp3) is 0.286. The minimum absolute atomic E-state index is 0.00113. The zero-order valence-corrected chi connectivity index (χ0v) is 15.0. The predicted molar refractivity (Wildman–Crippen MR) is 100 cm³/mol. The molecular formula is C21H22N2O3. The lowest BCUT2D eigenvalue weighted by molar-refractivity contribution is -0.116. The van der Waals surface area contributed by atoms with E-state index in [2.05, 4.69) is 5.32 Å². The molecule has 0 unspecified atom stereocenters. The maximum absolute atomic E-state index is 12.3. The van der Waals surface area contributed by atoms with Crippen LogP contribution in [0.2, 0.25) is 0 Å². The molecule has 0 spiro atoms. The molecule has 0 aromatic heterocycles. The van der Waals surface area contributed by atoms with Crippen molar-refractivity contribution in [1.82, 2.24) is 4.90 Å². The van der Waals surface area contributed by atoms with Crippen LogP contribution in [-0.2, 0) is 11.2 Å². The van der Waals surface area contributed by atoms with E-state index in [-0.39, 0.29) is 17.7 Å². The van der Waals surface area contributed by atoms with Crippen molar-refractivity contribution in [3.63, 3.8) is 0 Å². The molecule has 1 aliphatic rings. The van der Waals surface area contributed by atoms with Gasteiger partial charge in [0.1, 0.15) is 0 Å². The van der Waals surface area contributed by atoms with Gasteiger partial charge in [0.25, 0.3) is 11.8 Å². The standard InChI is InChI=1S/C21H22N2O3/c1-14(2)13-19(24)22-16-9-7-15(8-10-16)11-12-23-20(25)17-5-3-4-6-18(17)21(23)26/h3-10,14H,11-13H2,1-2H3,(H,22,24). The first-order valence-corrected chi connectivity index (χ1v) is 8.79. The molecule has 3 rings (SSSR count). The third kappa shape index (κ3) is 3.82. The number of amides is 3. The Hall–Kier alpha value is -2.95. The molecular weight excluding hydrogens is 328 g/mol. The van der Waals surface area contributed by atoms with Gasteiger partial charge in [-0.1, -0.05) is 38.1 Å². The number of fused-ring (bicyclic) bond motifs is 1. The zero-order valence-electron chi connectivity index (χ0n) is 15.0. The van der Waals surface area contributed by atoms with Crippen LogP contribution in [0.15, 0.2) is 48.5 Å². The van der Waals surface area contributed by atoms with Crippen LogP contribution in [0.5, 0.6) is 0 Å². The summed E-state index contributed by atoms with van der Waals surface area (Å²) in [5.41, 5.74) is 2.70. The van der Waals surface area contributed by atoms with Gasteiger partial charge in [-0.05, 0) is 42.2 Å². The fourth-order valence-electron chi connectivity index (χ4n) is 3.02. The van der Waals surface area contributed by atoms with Gasteiger partial charge >= 0.3 is 0 Å². The molecule has 0 saturated heterocycles. The SMILES string of the molecule is CC(C)CC(=O)Nc1ccc(CCN2C(=O)c3ccccc3C2=O)cc1. The van der Waals surface area contributed by atoms with Gasteiger partial charge in [0.15, 0.2) is 0 Å². The lowest BCUT2D eigenvalue weighted by Crippen LogP contribution is -2.31. The van der Waals surface area contributed by atoms with E-state index >= 15 is 0 Å². The molecule has 134 valence electrons. The molecule has 26 heavy (non-hydrogen) atoms. The second-order valence-corrected chi connectivity index (χ2v) is 6.90. The van der Waals surface area contributed by atoms with E-state index in [0.29, 0.717) is 36.4 Å². The number of nitrogens with zero attached hydrogens (tertiary/aromatic N) is 1. The summed E-state index contributed by atoms with van der Waals surface area (Å²) in [4.78, 5) is 37.8. The van der Waals surface area contributed by atoms with Crippen LogP contribution in [0.4, 0.5) is 5.69 Å². The number of anilines is 1. The van der Waals surface area contributed by atoms with E-state index in [4.69, 9.17) is 0 Å². The van der Waals surface area contributed by atoms with Crippen LogP contribution < -0.4 is 5.32 Å². The Bertz CT molecular complexity index is 806. The minimum atomic E-state index is -0.233. The highest BCUT2D eigenvalue weighted by molar-refractivity contribution is 6.21. The molecule has 0 atom stereocenters. The van der Waals surface area contributed by atoms with Crippen LogP contribution in [0.25, 0.3) is 0 Å². The molecule has 0 saturated carbocycles. The second kappa shape index (κ2) is 7.52. The van der Waals surface area contributed by atoms with E-state index < -0.39 is 0 Å². The number of carbonyl (C=O) groups is 3. The first-order valence-electron chi connectivity index (χ1n) is 8.79. The predicted octanol–water partition coefficient (Wildman–Crippen LogP) is 3.51. The number of nitrogens with one attached hydrogen (secondary N) is 1. The van der Waals surface area contributed by atoms with Crippen molar-refractivity contribution >= 4 is 23.4 Å². The van der Waals surface area contributed by atoms with Gasteiger partial charge in [0.2, 0.25) is 5.91 Å². The number of carbonyl (C=O) groups excluding carboxylic acids is 3. The lowest BCUT2D eigenvalue weighted by Gasteiger charge is -2.14. The highest BCUT2D eigenvalue weighted by atomic mass is 16.2. The van der Waals surface area contributed by atoms with E-state index in [9.17, 15) is 14.4 Å². The zero-order chi connectivity index (χ0) is 18.7. The average molecular weight is 350 g/mol. The third-order valence-corrected chi connectivity index (χ3v) is 4.33. The van der Waals surface area contributed by atoms with Gasteiger partial charge in [-0.25, -0.2) is 0 Å². The molecule has 0 radical (unpaired) electrons. The van der Waals surface area contributed by atoms with E-state index in [1.54, 1.807) is 24.3 Å². The average Bonchev–Trinajstić information content (AvgIpc) is 2.85. The fourth-order valence-corrected chi connectivity index (χ4v) is 3.02. The Morgan fingerprint density at radius 2 is 1.54 bits per heavy atom. The Kier molecular flexibility index (Phi) is 5.16. The highest BCUT2D eigenvalue weighted by Crippen LogP contribution is 2.22. The number of benzene rings is 2. The molecule has 2 aromatic rings. The lowest BCUT2D eigenvalue weighted by atomic mass is 10.1. The van der Waals surface area contributed by atoms with E-state index in [1.807, 2.05) is 38.1 Å². The van der Waals surface area contributed by atoms with Crippen molar-refractivity contribution in [2.24, 2.45) is 5.92 Å². The minimum Gasteiger partial charge on any atom is -0.326 e. The molecule has 0 aliphatic carbocycles. The normalized spacial score (nSPS) is 13.3. The largest absolute Gasteiger partial charge is 0.326 e. The Balaban J connectivity index is 1.58. The molecule has 0 bridgehead atoms.